The molecule has 2 rings (SSSR count). The van der Waals surface area contributed by atoms with Gasteiger partial charge in [-0.25, -0.2) is 0 Å². The van der Waals surface area contributed by atoms with Gasteiger partial charge in [-0.2, -0.15) is 0 Å². The first kappa shape index (κ1) is 25.5. The zero-order valence-electron chi connectivity index (χ0n) is 17.9. The van der Waals surface area contributed by atoms with Crippen LogP contribution < -0.4 is 10.1 Å². The lowest BCUT2D eigenvalue weighted by Crippen LogP contribution is -2.50. The van der Waals surface area contributed by atoms with Crippen molar-refractivity contribution in [2.45, 2.75) is 46.2 Å². The Balaban J connectivity index is 2.23. The number of ether oxygens (including phenoxy) is 1. The van der Waals surface area contributed by atoms with Gasteiger partial charge in [-0.05, 0) is 61.2 Å². The highest BCUT2D eigenvalue weighted by Crippen LogP contribution is 2.25. The average molecular weight is 530 g/mol. The number of benzene rings is 2. The number of halogens is 3. The quantitative estimate of drug-likeness (QED) is 0.424. The number of nitrogens with one attached hydrogen (secondary N) is 1. The Morgan fingerprint density at radius 3 is 2.48 bits per heavy atom. The number of hydrogen-bond donors (Lipinski definition) is 1. The summed E-state index contributed by atoms with van der Waals surface area (Å²) in [5.74, 6) is 0.120. The lowest BCUT2D eigenvalue weighted by Gasteiger charge is -2.30. The number of hydrogen-bond acceptors (Lipinski definition) is 3. The van der Waals surface area contributed by atoms with Gasteiger partial charge < -0.3 is 15.0 Å². The maximum atomic E-state index is 13.2. The third kappa shape index (κ3) is 7.41. The van der Waals surface area contributed by atoms with Crippen LogP contribution in [0.2, 0.25) is 10.0 Å². The van der Waals surface area contributed by atoms with Crippen molar-refractivity contribution < 1.29 is 14.3 Å². The maximum absolute atomic E-state index is 13.2. The van der Waals surface area contributed by atoms with Crippen LogP contribution in [-0.2, 0) is 16.1 Å². The van der Waals surface area contributed by atoms with Crippen molar-refractivity contribution in [1.82, 2.24) is 10.2 Å². The molecule has 5 nitrogen and oxygen atoms in total. The lowest BCUT2D eigenvalue weighted by atomic mass is 10.1. The molecule has 1 unspecified atom stereocenters. The van der Waals surface area contributed by atoms with E-state index in [2.05, 4.69) is 21.2 Å². The van der Waals surface area contributed by atoms with Crippen molar-refractivity contribution in [3.05, 3.63) is 62.0 Å². The van der Waals surface area contributed by atoms with E-state index >= 15 is 0 Å². The monoisotopic (exact) mass is 528 g/mol. The van der Waals surface area contributed by atoms with Crippen LogP contribution in [0.25, 0.3) is 0 Å². The van der Waals surface area contributed by atoms with E-state index in [1.54, 1.807) is 24.3 Å². The normalized spacial score (nSPS) is 11.7. The van der Waals surface area contributed by atoms with Crippen molar-refractivity contribution in [3.63, 3.8) is 0 Å². The number of amides is 2. The zero-order chi connectivity index (χ0) is 23.0. The third-order valence-electron chi connectivity index (χ3n) is 4.76. The van der Waals surface area contributed by atoms with E-state index in [9.17, 15) is 9.59 Å². The summed E-state index contributed by atoms with van der Waals surface area (Å²) in [6.45, 7) is 6.40. The van der Waals surface area contributed by atoms with Crippen LogP contribution in [0.4, 0.5) is 0 Å². The summed E-state index contributed by atoms with van der Waals surface area (Å²) < 4.78 is 6.69. The first-order chi connectivity index (χ1) is 14.8. The van der Waals surface area contributed by atoms with Gasteiger partial charge in [-0.3, -0.25) is 9.59 Å². The second-order valence-electron chi connectivity index (χ2n) is 7.18. The minimum absolute atomic E-state index is 0.181. The Kier molecular flexibility index (Phi) is 10.1. The van der Waals surface area contributed by atoms with E-state index in [1.807, 2.05) is 32.9 Å². The van der Waals surface area contributed by atoms with Gasteiger partial charge in [-0.15, -0.1) is 0 Å². The lowest BCUT2D eigenvalue weighted by molar-refractivity contribution is -0.143. The van der Waals surface area contributed by atoms with Crippen molar-refractivity contribution in [2.24, 2.45) is 0 Å². The summed E-state index contributed by atoms with van der Waals surface area (Å²) in [6, 6.07) is 10.1. The molecule has 0 aliphatic heterocycles. The molecule has 2 aromatic carbocycles. The standard InChI is InChI=1S/C23H27BrCl2N2O3/c1-4-10-27-23(30)21(5-2)28(13-16-6-9-19(25)20(26)12-16)22(29)14-31-17-7-8-18(24)15(3)11-17/h6-9,11-12,21H,4-5,10,13-14H2,1-3H3,(H,27,30). The molecule has 0 aliphatic carbocycles. The molecule has 0 spiro atoms. The molecule has 0 aromatic heterocycles. The third-order valence-corrected chi connectivity index (χ3v) is 6.39. The second kappa shape index (κ2) is 12.3. The fourth-order valence-corrected chi connectivity index (χ4v) is 3.62. The van der Waals surface area contributed by atoms with E-state index in [0.29, 0.717) is 28.8 Å². The zero-order valence-corrected chi connectivity index (χ0v) is 21.0. The number of nitrogens with zero attached hydrogens (tertiary/aromatic N) is 1. The minimum Gasteiger partial charge on any atom is -0.484 e. The molecule has 0 fully saturated rings. The topological polar surface area (TPSA) is 58.6 Å². The summed E-state index contributed by atoms with van der Waals surface area (Å²) in [4.78, 5) is 27.4. The van der Waals surface area contributed by atoms with Crippen molar-refractivity contribution >= 4 is 50.9 Å². The molecule has 2 amide bonds. The number of carbonyl (C=O) groups is 2. The smallest absolute Gasteiger partial charge is 0.261 e. The van der Waals surface area contributed by atoms with Gasteiger partial charge in [0.05, 0.1) is 10.0 Å². The maximum Gasteiger partial charge on any atom is 0.261 e. The van der Waals surface area contributed by atoms with Crippen LogP contribution in [-0.4, -0.2) is 35.9 Å². The van der Waals surface area contributed by atoms with E-state index in [1.165, 1.54) is 4.90 Å². The molecule has 0 saturated heterocycles. The summed E-state index contributed by atoms with van der Waals surface area (Å²) in [7, 11) is 0. The number of carbonyl (C=O) groups excluding carboxylic acids is 2. The summed E-state index contributed by atoms with van der Waals surface area (Å²) in [6.07, 6.45) is 1.29. The highest BCUT2D eigenvalue weighted by molar-refractivity contribution is 9.10. The SMILES string of the molecule is CCCNC(=O)C(CC)N(Cc1ccc(Cl)c(Cl)c1)C(=O)COc1ccc(Br)c(C)c1. The van der Waals surface area contributed by atoms with Gasteiger partial charge in [0.2, 0.25) is 5.91 Å². The fraction of sp³-hybridized carbons (Fsp3) is 0.391. The molecule has 8 heteroatoms. The molecule has 1 N–H and O–H groups in total. The molecule has 31 heavy (non-hydrogen) atoms. The second-order valence-corrected chi connectivity index (χ2v) is 8.85. The van der Waals surface area contributed by atoms with E-state index in [4.69, 9.17) is 27.9 Å². The molecule has 0 aliphatic rings. The first-order valence-electron chi connectivity index (χ1n) is 10.2. The summed E-state index contributed by atoms with van der Waals surface area (Å²) >= 11 is 15.6. The molecule has 0 heterocycles. The average Bonchev–Trinajstić information content (AvgIpc) is 2.75. The van der Waals surface area contributed by atoms with Gasteiger partial charge in [-0.1, -0.05) is 59.0 Å². The summed E-state index contributed by atoms with van der Waals surface area (Å²) in [5.41, 5.74) is 1.78. The van der Waals surface area contributed by atoms with Gasteiger partial charge in [0.15, 0.2) is 6.61 Å². The molecule has 0 radical (unpaired) electrons. The molecule has 0 saturated carbocycles. The van der Waals surface area contributed by atoms with Crippen molar-refractivity contribution in [1.29, 1.82) is 0 Å². The van der Waals surface area contributed by atoms with Crippen molar-refractivity contribution in [3.8, 4) is 5.75 Å². The van der Waals surface area contributed by atoms with Crippen LogP contribution in [0, 0.1) is 6.92 Å². The van der Waals surface area contributed by atoms with Crippen LogP contribution in [0.1, 0.15) is 37.8 Å². The highest BCUT2D eigenvalue weighted by atomic mass is 79.9. The highest BCUT2D eigenvalue weighted by Gasteiger charge is 2.29. The van der Waals surface area contributed by atoms with E-state index in [-0.39, 0.29) is 25.0 Å². The molecule has 2 aromatic rings. The molecular weight excluding hydrogens is 503 g/mol. The number of rotatable bonds is 10. The summed E-state index contributed by atoms with van der Waals surface area (Å²) in [5, 5.41) is 3.72. The van der Waals surface area contributed by atoms with Crippen LogP contribution >= 0.6 is 39.1 Å². The van der Waals surface area contributed by atoms with Crippen LogP contribution in [0.5, 0.6) is 5.75 Å². The van der Waals surface area contributed by atoms with Gasteiger partial charge in [0.1, 0.15) is 11.8 Å². The van der Waals surface area contributed by atoms with Gasteiger partial charge in [0, 0.05) is 17.6 Å². The Morgan fingerprint density at radius 2 is 1.87 bits per heavy atom. The van der Waals surface area contributed by atoms with Crippen LogP contribution in [0.15, 0.2) is 40.9 Å². The van der Waals surface area contributed by atoms with Crippen LogP contribution in [0.3, 0.4) is 0 Å². The molecule has 1 atom stereocenters. The minimum atomic E-state index is -0.622. The van der Waals surface area contributed by atoms with Crippen molar-refractivity contribution in [2.75, 3.05) is 13.2 Å². The largest absolute Gasteiger partial charge is 0.484 e. The fourth-order valence-electron chi connectivity index (χ4n) is 3.06. The number of aryl methyl sites for hydroxylation is 1. The predicted octanol–water partition coefficient (Wildman–Crippen LogP) is 5.78. The Labute approximate surface area is 202 Å². The van der Waals surface area contributed by atoms with E-state index < -0.39 is 6.04 Å². The molecule has 0 bridgehead atoms. The predicted molar refractivity (Wildman–Crippen MR) is 129 cm³/mol. The molecule has 168 valence electrons. The molecular formula is C23H27BrCl2N2O3. The first-order valence-corrected chi connectivity index (χ1v) is 11.7. The Morgan fingerprint density at radius 1 is 1.13 bits per heavy atom. The van der Waals surface area contributed by atoms with Gasteiger partial charge in [0.25, 0.3) is 5.91 Å². The Hall–Kier alpha value is -1.76. The van der Waals surface area contributed by atoms with E-state index in [0.717, 1.165) is 22.0 Å². The Bertz CT molecular complexity index is 924. The van der Waals surface area contributed by atoms with Gasteiger partial charge >= 0.3 is 0 Å².